The van der Waals surface area contributed by atoms with Gasteiger partial charge in [0.1, 0.15) is 0 Å². The van der Waals surface area contributed by atoms with E-state index in [-0.39, 0.29) is 0 Å². The van der Waals surface area contributed by atoms with Crippen LogP contribution in [0.4, 0.5) is 0 Å². The maximum absolute atomic E-state index is 3.44. The minimum absolute atomic E-state index is 0.704. The van der Waals surface area contributed by atoms with E-state index in [9.17, 15) is 0 Å². The number of benzene rings is 1. The lowest BCUT2D eigenvalue weighted by atomic mass is 9.79. The third-order valence-electron chi connectivity index (χ3n) is 4.45. The Morgan fingerprint density at radius 3 is 2.56 bits per heavy atom. The van der Waals surface area contributed by atoms with Crippen LogP contribution in [0.15, 0.2) is 24.3 Å². The SMILES string of the molecule is Cc1ccc(CC2CCC3(CNC3)C2)cc1. The molecule has 1 saturated carbocycles. The summed E-state index contributed by atoms with van der Waals surface area (Å²) < 4.78 is 0. The predicted octanol–water partition coefficient (Wildman–Crippen LogP) is 2.93. The first-order valence-corrected chi connectivity index (χ1v) is 6.52. The van der Waals surface area contributed by atoms with Crippen molar-refractivity contribution in [2.75, 3.05) is 13.1 Å². The summed E-state index contributed by atoms with van der Waals surface area (Å²) in [7, 11) is 0. The molecule has 2 aliphatic rings. The molecule has 1 heterocycles. The Hall–Kier alpha value is -0.820. The number of hydrogen-bond acceptors (Lipinski definition) is 1. The van der Waals surface area contributed by atoms with Gasteiger partial charge in [0, 0.05) is 13.1 Å². The molecule has 86 valence electrons. The van der Waals surface area contributed by atoms with Crippen molar-refractivity contribution in [1.82, 2.24) is 5.32 Å². The van der Waals surface area contributed by atoms with Crippen LogP contribution in [-0.2, 0) is 6.42 Å². The molecule has 1 heteroatoms. The molecule has 3 rings (SSSR count). The molecule has 1 spiro atoms. The summed E-state index contributed by atoms with van der Waals surface area (Å²) in [6.07, 6.45) is 5.64. The van der Waals surface area contributed by atoms with Crippen LogP contribution in [0.1, 0.15) is 30.4 Å². The van der Waals surface area contributed by atoms with Crippen LogP contribution in [0.5, 0.6) is 0 Å². The van der Waals surface area contributed by atoms with E-state index in [2.05, 4.69) is 36.5 Å². The zero-order valence-corrected chi connectivity index (χ0v) is 10.1. The summed E-state index contributed by atoms with van der Waals surface area (Å²) in [6.45, 7) is 4.71. The van der Waals surface area contributed by atoms with Gasteiger partial charge < -0.3 is 5.32 Å². The third kappa shape index (κ3) is 1.89. The van der Waals surface area contributed by atoms with Crippen LogP contribution in [-0.4, -0.2) is 13.1 Å². The number of hydrogen-bond donors (Lipinski definition) is 1. The number of nitrogens with one attached hydrogen (secondary N) is 1. The van der Waals surface area contributed by atoms with Crippen LogP contribution < -0.4 is 5.32 Å². The van der Waals surface area contributed by atoms with Crippen LogP contribution in [0.3, 0.4) is 0 Å². The topological polar surface area (TPSA) is 12.0 Å². The molecule has 1 atom stereocenters. The molecule has 0 aromatic heterocycles. The highest BCUT2D eigenvalue weighted by Crippen LogP contribution is 2.45. The monoisotopic (exact) mass is 215 g/mol. The first-order valence-electron chi connectivity index (χ1n) is 6.52. The molecule has 1 unspecified atom stereocenters. The number of rotatable bonds is 2. The minimum atomic E-state index is 0.704. The molecule has 1 N–H and O–H groups in total. The van der Waals surface area contributed by atoms with Crippen molar-refractivity contribution >= 4 is 0 Å². The standard InChI is InChI=1S/C15H21N/c1-12-2-4-13(5-3-12)8-14-6-7-15(9-14)10-16-11-15/h2-5,14,16H,6-11H2,1H3. The Morgan fingerprint density at radius 1 is 1.25 bits per heavy atom. The molecule has 1 aromatic carbocycles. The largest absolute Gasteiger partial charge is 0.316 e. The van der Waals surface area contributed by atoms with Crippen LogP contribution in [0.25, 0.3) is 0 Å². The second-order valence-corrected chi connectivity index (χ2v) is 5.90. The fraction of sp³-hybridized carbons (Fsp3) is 0.600. The Kier molecular flexibility index (Phi) is 2.51. The van der Waals surface area contributed by atoms with Crippen LogP contribution in [0.2, 0.25) is 0 Å². The number of aryl methyl sites for hydroxylation is 1. The summed E-state index contributed by atoms with van der Waals surface area (Å²) in [6, 6.07) is 9.09. The minimum Gasteiger partial charge on any atom is -0.316 e. The molecule has 0 amide bonds. The highest BCUT2D eigenvalue weighted by molar-refractivity contribution is 5.22. The van der Waals surface area contributed by atoms with E-state index in [0.29, 0.717) is 5.41 Å². The summed E-state index contributed by atoms with van der Waals surface area (Å²) >= 11 is 0. The molecule has 1 aliphatic carbocycles. The summed E-state index contributed by atoms with van der Waals surface area (Å²) in [4.78, 5) is 0. The molecule has 1 aromatic rings. The first kappa shape index (κ1) is 10.3. The zero-order chi connectivity index (χ0) is 11.0. The lowest BCUT2D eigenvalue weighted by Gasteiger charge is -2.39. The third-order valence-corrected chi connectivity index (χ3v) is 4.45. The second kappa shape index (κ2) is 3.89. The van der Waals surface area contributed by atoms with E-state index in [1.165, 1.54) is 49.9 Å². The Morgan fingerprint density at radius 2 is 2.00 bits per heavy atom. The Balaban J connectivity index is 1.61. The fourth-order valence-electron chi connectivity index (χ4n) is 3.36. The molecule has 16 heavy (non-hydrogen) atoms. The van der Waals surface area contributed by atoms with Gasteiger partial charge in [-0.05, 0) is 49.5 Å². The van der Waals surface area contributed by atoms with Gasteiger partial charge in [-0.15, -0.1) is 0 Å². The van der Waals surface area contributed by atoms with Crippen molar-refractivity contribution in [3.05, 3.63) is 35.4 Å². The zero-order valence-electron chi connectivity index (χ0n) is 10.1. The van der Waals surface area contributed by atoms with E-state index in [1.54, 1.807) is 0 Å². The normalized spacial score (nSPS) is 26.9. The first-order chi connectivity index (χ1) is 7.76. The highest BCUT2D eigenvalue weighted by atomic mass is 15.0. The average Bonchev–Trinajstić information content (AvgIpc) is 2.66. The van der Waals surface area contributed by atoms with Crippen molar-refractivity contribution in [2.45, 2.75) is 32.6 Å². The molecular formula is C15H21N. The van der Waals surface area contributed by atoms with Gasteiger partial charge in [0.2, 0.25) is 0 Å². The van der Waals surface area contributed by atoms with Gasteiger partial charge in [-0.3, -0.25) is 0 Å². The van der Waals surface area contributed by atoms with E-state index >= 15 is 0 Å². The van der Waals surface area contributed by atoms with Gasteiger partial charge >= 0.3 is 0 Å². The summed E-state index contributed by atoms with van der Waals surface area (Å²) in [5.41, 5.74) is 3.60. The molecule has 0 bridgehead atoms. The van der Waals surface area contributed by atoms with E-state index in [0.717, 1.165) is 5.92 Å². The quantitative estimate of drug-likeness (QED) is 0.800. The molecular weight excluding hydrogens is 194 g/mol. The highest BCUT2D eigenvalue weighted by Gasteiger charge is 2.43. The smallest absolute Gasteiger partial charge is 0.00203 e. The molecule has 2 fully saturated rings. The maximum atomic E-state index is 3.44. The van der Waals surface area contributed by atoms with Gasteiger partial charge in [-0.25, -0.2) is 0 Å². The van der Waals surface area contributed by atoms with Gasteiger partial charge in [-0.2, -0.15) is 0 Å². The van der Waals surface area contributed by atoms with E-state index in [1.807, 2.05) is 0 Å². The van der Waals surface area contributed by atoms with Crippen molar-refractivity contribution in [2.24, 2.45) is 11.3 Å². The van der Waals surface area contributed by atoms with Crippen LogP contribution >= 0.6 is 0 Å². The van der Waals surface area contributed by atoms with Crippen molar-refractivity contribution in [3.8, 4) is 0 Å². The van der Waals surface area contributed by atoms with E-state index < -0.39 is 0 Å². The van der Waals surface area contributed by atoms with Crippen molar-refractivity contribution in [1.29, 1.82) is 0 Å². The lowest BCUT2D eigenvalue weighted by Crippen LogP contribution is -2.51. The van der Waals surface area contributed by atoms with Crippen molar-refractivity contribution in [3.63, 3.8) is 0 Å². The summed E-state index contributed by atoms with van der Waals surface area (Å²) in [5, 5.41) is 3.44. The second-order valence-electron chi connectivity index (χ2n) is 5.90. The van der Waals surface area contributed by atoms with Gasteiger partial charge in [0.25, 0.3) is 0 Å². The maximum Gasteiger partial charge on any atom is 0.00203 e. The molecule has 1 aliphatic heterocycles. The van der Waals surface area contributed by atoms with Gasteiger partial charge in [-0.1, -0.05) is 29.8 Å². The molecule has 1 nitrogen and oxygen atoms in total. The Bertz CT molecular complexity index is 362. The lowest BCUT2D eigenvalue weighted by molar-refractivity contribution is 0.170. The molecule has 0 radical (unpaired) electrons. The predicted molar refractivity (Wildman–Crippen MR) is 67.5 cm³/mol. The fourth-order valence-corrected chi connectivity index (χ4v) is 3.36. The average molecular weight is 215 g/mol. The van der Waals surface area contributed by atoms with Crippen LogP contribution in [0, 0.1) is 18.3 Å². The Labute approximate surface area is 98.3 Å². The van der Waals surface area contributed by atoms with Crippen molar-refractivity contribution < 1.29 is 0 Å². The van der Waals surface area contributed by atoms with E-state index in [4.69, 9.17) is 0 Å². The summed E-state index contributed by atoms with van der Waals surface area (Å²) in [5.74, 6) is 0.935. The van der Waals surface area contributed by atoms with Gasteiger partial charge in [0.15, 0.2) is 0 Å². The molecule has 1 saturated heterocycles. The van der Waals surface area contributed by atoms with Gasteiger partial charge in [0.05, 0.1) is 0 Å².